The predicted molar refractivity (Wildman–Crippen MR) is 102 cm³/mol. The van der Waals surface area contributed by atoms with E-state index in [4.69, 9.17) is 4.74 Å². The van der Waals surface area contributed by atoms with Crippen LogP contribution in [0.15, 0.2) is 65.9 Å². The fraction of sp³-hybridized carbons (Fsp3) is 0.0500. The highest BCUT2D eigenvalue weighted by molar-refractivity contribution is 6.13. The second kappa shape index (κ2) is 6.68. The largest absolute Gasteiger partial charge is 0.497 e. The second-order valence-electron chi connectivity index (χ2n) is 5.72. The minimum atomic E-state index is -0.369. The Labute approximate surface area is 149 Å². The molecule has 2 aromatic heterocycles. The average Bonchev–Trinajstić information content (AvgIpc) is 3.07. The quantitative estimate of drug-likeness (QED) is 0.439. The van der Waals surface area contributed by atoms with Gasteiger partial charge in [0.2, 0.25) is 0 Å². The van der Waals surface area contributed by atoms with Gasteiger partial charge in [-0.25, -0.2) is 10.4 Å². The minimum absolute atomic E-state index is 0.311. The number of rotatable bonds is 4. The summed E-state index contributed by atoms with van der Waals surface area (Å²) in [5, 5.41) is 6.03. The van der Waals surface area contributed by atoms with E-state index in [-0.39, 0.29) is 5.91 Å². The van der Waals surface area contributed by atoms with Crippen LogP contribution < -0.4 is 10.2 Å². The molecule has 2 heterocycles. The average molecular weight is 344 g/mol. The van der Waals surface area contributed by atoms with Gasteiger partial charge in [-0.2, -0.15) is 5.10 Å². The lowest BCUT2D eigenvalue weighted by Crippen LogP contribution is -2.19. The van der Waals surface area contributed by atoms with E-state index in [0.717, 1.165) is 27.6 Å². The fourth-order valence-electron chi connectivity index (χ4n) is 2.85. The highest BCUT2D eigenvalue weighted by Crippen LogP contribution is 2.26. The van der Waals surface area contributed by atoms with E-state index in [1.54, 1.807) is 19.5 Å². The normalized spacial score (nSPS) is 11.3. The van der Waals surface area contributed by atoms with Crippen molar-refractivity contribution in [3.63, 3.8) is 0 Å². The summed E-state index contributed by atoms with van der Waals surface area (Å²) in [6, 6.07) is 17.2. The molecule has 0 spiro atoms. The standard InChI is InChI=1S/C20H16N4O2/c1-26-14-8-6-13(7-9-14)12-22-24-20(25)19-18-16(10-11-21-19)15-4-2-3-5-17(15)23-18/h2-12,23H,1H3,(H,24,25). The van der Waals surface area contributed by atoms with Crippen LogP contribution in [-0.2, 0) is 0 Å². The summed E-state index contributed by atoms with van der Waals surface area (Å²) in [5.74, 6) is 0.396. The van der Waals surface area contributed by atoms with Crippen LogP contribution in [0.5, 0.6) is 5.75 Å². The molecule has 0 atom stereocenters. The van der Waals surface area contributed by atoms with Gasteiger partial charge in [-0.15, -0.1) is 0 Å². The maximum atomic E-state index is 12.5. The summed E-state index contributed by atoms with van der Waals surface area (Å²) < 4.78 is 5.11. The first-order valence-corrected chi connectivity index (χ1v) is 8.09. The number of hydrogen-bond acceptors (Lipinski definition) is 4. The van der Waals surface area contributed by atoms with Gasteiger partial charge in [0.05, 0.1) is 18.8 Å². The molecule has 0 aliphatic heterocycles. The molecule has 0 fully saturated rings. The molecule has 4 aromatic rings. The highest BCUT2D eigenvalue weighted by Gasteiger charge is 2.14. The summed E-state index contributed by atoms with van der Waals surface area (Å²) in [7, 11) is 1.61. The van der Waals surface area contributed by atoms with E-state index in [9.17, 15) is 4.79 Å². The molecule has 1 amide bonds. The zero-order valence-corrected chi connectivity index (χ0v) is 14.1. The summed E-state index contributed by atoms with van der Waals surface area (Å²) in [5.41, 5.74) is 5.35. The molecule has 6 nitrogen and oxygen atoms in total. The van der Waals surface area contributed by atoms with Gasteiger partial charge in [-0.05, 0) is 42.0 Å². The van der Waals surface area contributed by atoms with E-state index in [1.807, 2.05) is 54.6 Å². The van der Waals surface area contributed by atoms with Crippen molar-refractivity contribution in [3.8, 4) is 5.75 Å². The lowest BCUT2D eigenvalue weighted by atomic mass is 10.1. The van der Waals surface area contributed by atoms with Crippen molar-refractivity contribution in [3.05, 3.63) is 72.1 Å². The second-order valence-corrected chi connectivity index (χ2v) is 5.72. The van der Waals surface area contributed by atoms with Crippen molar-refractivity contribution in [2.24, 2.45) is 5.10 Å². The Morgan fingerprint density at radius 1 is 1.12 bits per heavy atom. The van der Waals surface area contributed by atoms with Gasteiger partial charge in [-0.3, -0.25) is 4.79 Å². The third-order valence-corrected chi connectivity index (χ3v) is 4.14. The molecular weight excluding hydrogens is 328 g/mol. The molecule has 4 rings (SSSR count). The maximum absolute atomic E-state index is 12.5. The number of H-pyrrole nitrogens is 1. The number of amides is 1. The third-order valence-electron chi connectivity index (χ3n) is 4.14. The number of carbonyl (C=O) groups excluding carboxylic acids is 1. The van der Waals surface area contributed by atoms with Crippen LogP contribution in [0, 0.1) is 0 Å². The Bertz CT molecular complexity index is 1110. The summed E-state index contributed by atoms with van der Waals surface area (Å²) in [6.07, 6.45) is 3.20. The first kappa shape index (κ1) is 15.8. The maximum Gasteiger partial charge on any atom is 0.292 e. The van der Waals surface area contributed by atoms with Crippen molar-refractivity contribution >= 4 is 33.9 Å². The Hall–Kier alpha value is -3.67. The van der Waals surface area contributed by atoms with Gasteiger partial charge in [0.15, 0.2) is 5.69 Å². The number of hydrogen-bond donors (Lipinski definition) is 2. The van der Waals surface area contributed by atoms with Gasteiger partial charge >= 0.3 is 0 Å². The Kier molecular flexibility index (Phi) is 4.07. The molecule has 0 unspecified atom stereocenters. The molecule has 128 valence electrons. The number of methoxy groups -OCH3 is 1. The molecule has 2 N–H and O–H groups in total. The van der Waals surface area contributed by atoms with Crippen molar-refractivity contribution in [1.29, 1.82) is 0 Å². The molecule has 0 aliphatic rings. The molecule has 0 saturated heterocycles. The number of nitrogens with zero attached hydrogens (tertiary/aromatic N) is 2. The first-order chi connectivity index (χ1) is 12.8. The van der Waals surface area contributed by atoms with Crippen LogP contribution in [-0.4, -0.2) is 29.2 Å². The monoisotopic (exact) mass is 344 g/mol. The van der Waals surface area contributed by atoms with E-state index in [2.05, 4.69) is 20.5 Å². The van der Waals surface area contributed by atoms with Crippen LogP contribution in [0.1, 0.15) is 16.1 Å². The summed E-state index contributed by atoms with van der Waals surface area (Å²) in [6.45, 7) is 0. The molecule has 2 aromatic carbocycles. The number of fused-ring (bicyclic) bond motifs is 3. The van der Waals surface area contributed by atoms with Gasteiger partial charge in [0, 0.05) is 22.5 Å². The predicted octanol–water partition coefficient (Wildman–Crippen LogP) is 3.49. The van der Waals surface area contributed by atoms with Gasteiger partial charge in [0.1, 0.15) is 5.75 Å². The highest BCUT2D eigenvalue weighted by atomic mass is 16.5. The third kappa shape index (κ3) is 2.88. The van der Waals surface area contributed by atoms with Crippen molar-refractivity contribution in [2.45, 2.75) is 0 Å². The zero-order valence-electron chi connectivity index (χ0n) is 14.1. The summed E-state index contributed by atoms with van der Waals surface area (Å²) >= 11 is 0. The molecule has 0 radical (unpaired) electrons. The van der Waals surface area contributed by atoms with Crippen LogP contribution in [0.25, 0.3) is 21.8 Å². The molecule has 0 saturated carbocycles. The first-order valence-electron chi connectivity index (χ1n) is 8.09. The van der Waals surface area contributed by atoms with Crippen molar-refractivity contribution in [2.75, 3.05) is 7.11 Å². The minimum Gasteiger partial charge on any atom is -0.497 e. The number of hydrazone groups is 1. The van der Waals surface area contributed by atoms with E-state index >= 15 is 0 Å². The van der Waals surface area contributed by atoms with E-state index in [0.29, 0.717) is 11.2 Å². The Balaban J connectivity index is 1.58. The van der Waals surface area contributed by atoms with Crippen LogP contribution >= 0.6 is 0 Å². The number of aromatic amines is 1. The number of ether oxygens (including phenoxy) is 1. The Morgan fingerprint density at radius 2 is 1.92 bits per heavy atom. The van der Waals surface area contributed by atoms with Gasteiger partial charge < -0.3 is 9.72 Å². The smallest absolute Gasteiger partial charge is 0.292 e. The van der Waals surface area contributed by atoms with Gasteiger partial charge in [0.25, 0.3) is 5.91 Å². The lowest BCUT2D eigenvalue weighted by molar-refractivity contribution is 0.0952. The van der Waals surface area contributed by atoms with E-state index in [1.165, 1.54) is 0 Å². The van der Waals surface area contributed by atoms with Crippen molar-refractivity contribution < 1.29 is 9.53 Å². The Morgan fingerprint density at radius 3 is 2.73 bits per heavy atom. The van der Waals surface area contributed by atoms with Crippen LogP contribution in [0.2, 0.25) is 0 Å². The lowest BCUT2D eigenvalue weighted by Gasteiger charge is -2.01. The molecule has 0 aliphatic carbocycles. The van der Waals surface area contributed by atoms with Gasteiger partial charge in [-0.1, -0.05) is 18.2 Å². The molecule has 26 heavy (non-hydrogen) atoms. The molecule has 0 bridgehead atoms. The number of para-hydroxylation sites is 1. The topological polar surface area (TPSA) is 79.4 Å². The SMILES string of the molecule is COc1ccc(C=NNC(=O)c2nccc3c2[nH]c2ccccc23)cc1. The van der Waals surface area contributed by atoms with E-state index < -0.39 is 0 Å². The van der Waals surface area contributed by atoms with Crippen LogP contribution in [0.3, 0.4) is 0 Å². The fourth-order valence-corrected chi connectivity index (χ4v) is 2.85. The molecular formula is C20H16N4O2. The number of nitrogens with one attached hydrogen (secondary N) is 2. The number of carbonyl (C=O) groups is 1. The van der Waals surface area contributed by atoms with Crippen molar-refractivity contribution in [1.82, 2.24) is 15.4 Å². The number of aromatic nitrogens is 2. The summed E-state index contributed by atoms with van der Waals surface area (Å²) in [4.78, 5) is 20.0. The number of benzene rings is 2. The molecule has 6 heteroatoms. The zero-order chi connectivity index (χ0) is 17.9. The number of pyridine rings is 1. The van der Waals surface area contributed by atoms with Crippen LogP contribution in [0.4, 0.5) is 0 Å².